The van der Waals surface area contributed by atoms with E-state index in [0.717, 1.165) is 6.07 Å². The molecule has 0 spiro atoms. The molecule has 0 bridgehead atoms. The number of halogens is 3. The molecule has 0 saturated heterocycles. The highest BCUT2D eigenvalue weighted by molar-refractivity contribution is 5.91. The molecule has 0 radical (unpaired) electrons. The SMILES string of the molecule is O=C(NCc1ccco1)c1cnc(Nc2ccccc2C(F)(F)F)cn1. The van der Waals surface area contributed by atoms with Crippen LogP contribution in [0.15, 0.2) is 59.5 Å². The van der Waals surface area contributed by atoms with Crippen LogP contribution in [0.2, 0.25) is 0 Å². The highest BCUT2D eigenvalue weighted by atomic mass is 19.4. The Kier molecular flexibility index (Phi) is 4.87. The highest BCUT2D eigenvalue weighted by Crippen LogP contribution is 2.35. The molecule has 0 aliphatic carbocycles. The number of anilines is 2. The maximum atomic E-state index is 13.0. The molecule has 3 rings (SSSR count). The fourth-order valence-electron chi connectivity index (χ4n) is 2.16. The van der Waals surface area contributed by atoms with E-state index in [1.54, 1.807) is 12.1 Å². The number of alkyl halides is 3. The van der Waals surface area contributed by atoms with Gasteiger partial charge in [-0.3, -0.25) is 4.79 Å². The molecule has 1 amide bonds. The van der Waals surface area contributed by atoms with Crippen LogP contribution >= 0.6 is 0 Å². The first-order valence-corrected chi connectivity index (χ1v) is 7.49. The maximum absolute atomic E-state index is 13.0. The lowest BCUT2D eigenvalue weighted by Gasteiger charge is -2.13. The average Bonchev–Trinajstić information content (AvgIpc) is 3.13. The fourth-order valence-corrected chi connectivity index (χ4v) is 2.16. The number of benzene rings is 1. The molecule has 1 aromatic carbocycles. The van der Waals surface area contributed by atoms with E-state index in [1.807, 2.05) is 0 Å². The lowest BCUT2D eigenvalue weighted by atomic mass is 10.1. The molecule has 6 nitrogen and oxygen atoms in total. The summed E-state index contributed by atoms with van der Waals surface area (Å²) in [4.78, 5) is 19.8. The van der Waals surface area contributed by atoms with E-state index in [0.29, 0.717) is 5.76 Å². The van der Waals surface area contributed by atoms with E-state index >= 15 is 0 Å². The van der Waals surface area contributed by atoms with Crippen molar-refractivity contribution in [2.24, 2.45) is 0 Å². The largest absolute Gasteiger partial charge is 0.467 e. The summed E-state index contributed by atoms with van der Waals surface area (Å²) in [6.07, 6.45) is -0.645. The summed E-state index contributed by atoms with van der Waals surface area (Å²) in [5.41, 5.74) is -0.933. The lowest BCUT2D eigenvalue weighted by Crippen LogP contribution is -2.23. The van der Waals surface area contributed by atoms with Gasteiger partial charge in [0.15, 0.2) is 0 Å². The fraction of sp³-hybridized carbons (Fsp3) is 0.118. The second kappa shape index (κ2) is 7.26. The summed E-state index contributed by atoms with van der Waals surface area (Å²) in [6, 6.07) is 8.42. The van der Waals surface area contributed by atoms with Crippen LogP contribution in [0.3, 0.4) is 0 Å². The van der Waals surface area contributed by atoms with Gasteiger partial charge >= 0.3 is 6.18 Å². The smallest absolute Gasteiger partial charge is 0.418 e. The molecule has 0 aliphatic heterocycles. The van der Waals surface area contributed by atoms with E-state index in [4.69, 9.17) is 4.42 Å². The van der Waals surface area contributed by atoms with Crippen LogP contribution in [0.1, 0.15) is 21.8 Å². The first-order chi connectivity index (χ1) is 12.4. The average molecular weight is 362 g/mol. The van der Waals surface area contributed by atoms with E-state index in [2.05, 4.69) is 20.6 Å². The number of furan rings is 1. The summed E-state index contributed by atoms with van der Waals surface area (Å²) < 4.78 is 44.0. The summed E-state index contributed by atoms with van der Waals surface area (Å²) in [7, 11) is 0. The van der Waals surface area contributed by atoms with Crippen molar-refractivity contribution in [3.8, 4) is 0 Å². The Hall–Kier alpha value is -3.36. The zero-order valence-electron chi connectivity index (χ0n) is 13.2. The molecule has 0 atom stereocenters. The molecule has 9 heteroatoms. The lowest BCUT2D eigenvalue weighted by molar-refractivity contribution is -0.136. The molecular weight excluding hydrogens is 349 g/mol. The van der Waals surface area contributed by atoms with Crippen LogP contribution in [0, 0.1) is 0 Å². The number of nitrogens with one attached hydrogen (secondary N) is 2. The summed E-state index contributed by atoms with van der Waals surface area (Å²) in [6.45, 7) is 0.187. The van der Waals surface area contributed by atoms with Crippen LogP contribution in [0.4, 0.5) is 24.7 Å². The molecule has 3 aromatic rings. The number of aromatic nitrogens is 2. The number of nitrogens with zero attached hydrogens (tertiary/aromatic N) is 2. The molecule has 0 saturated carbocycles. The Labute approximate surface area is 146 Å². The van der Waals surface area contributed by atoms with Crippen molar-refractivity contribution >= 4 is 17.4 Å². The van der Waals surface area contributed by atoms with Gasteiger partial charge in [0.25, 0.3) is 5.91 Å². The summed E-state index contributed by atoms with van der Waals surface area (Å²) >= 11 is 0. The van der Waals surface area contributed by atoms with Gasteiger partial charge in [-0.25, -0.2) is 9.97 Å². The zero-order chi connectivity index (χ0) is 18.6. The topological polar surface area (TPSA) is 80.0 Å². The molecule has 0 aliphatic rings. The third-order valence-electron chi connectivity index (χ3n) is 3.38. The van der Waals surface area contributed by atoms with Crippen molar-refractivity contribution in [2.75, 3.05) is 5.32 Å². The summed E-state index contributed by atoms with van der Waals surface area (Å²) in [5, 5.41) is 5.15. The Morgan fingerprint density at radius 2 is 1.88 bits per heavy atom. The van der Waals surface area contributed by atoms with Crippen molar-refractivity contribution in [1.82, 2.24) is 15.3 Å². The Balaban J connectivity index is 1.68. The number of carbonyl (C=O) groups is 1. The maximum Gasteiger partial charge on any atom is 0.418 e. The molecule has 0 fully saturated rings. The Morgan fingerprint density at radius 1 is 1.08 bits per heavy atom. The van der Waals surface area contributed by atoms with E-state index < -0.39 is 17.6 Å². The molecule has 2 aromatic heterocycles. The number of rotatable bonds is 5. The predicted octanol–water partition coefficient (Wildman–Crippen LogP) is 3.76. The van der Waals surface area contributed by atoms with Crippen LogP contribution in [0.5, 0.6) is 0 Å². The van der Waals surface area contributed by atoms with Crippen LogP contribution in [0.25, 0.3) is 0 Å². The van der Waals surface area contributed by atoms with Crippen molar-refractivity contribution in [1.29, 1.82) is 0 Å². The number of carbonyl (C=O) groups excluding carboxylic acids is 1. The first-order valence-electron chi connectivity index (χ1n) is 7.49. The number of hydrogen-bond acceptors (Lipinski definition) is 5. The van der Waals surface area contributed by atoms with E-state index in [1.165, 1.54) is 36.9 Å². The van der Waals surface area contributed by atoms with Gasteiger partial charge < -0.3 is 15.1 Å². The number of amides is 1. The third kappa shape index (κ3) is 4.18. The van der Waals surface area contributed by atoms with Gasteiger partial charge in [-0.05, 0) is 24.3 Å². The minimum Gasteiger partial charge on any atom is -0.467 e. The van der Waals surface area contributed by atoms with Crippen LogP contribution in [-0.2, 0) is 12.7 Å². The third-order valence-corrected chi connectivity index (χ3v) is 3.38. The minimum absolute atomic E-state index is 0.0335. The Morgan fingerprint density at radius 3 is 2.54 bits per heavy atom. The van der Waals surface area contributed by atoms with Gasteiger partial charge in [0.05, 0.1) is 36.5 Å². The molecular formula is C17H13F3N4O2. The van der Waals surface area contributed by atoms with Crippen molar-refractivity contribution in [3.05, 3.63) is 72.1 Å². The number of hydrogen-bond donors (Lipinski definition) is 2. The second-order valence-corrected chi connectivity index (χ2v) is 5.22. The zero-order valence-corrected chi connectivity index (χ0v) is 13.2. The monoisotopic (exact) mass is 362 g/mol. The van der Waals surface area contributed by atoms with Crippen molar-refractivity contribution < 1.29 is 22.4 Å². The first kappa shape index (κ1) is 17.5. The molecule has 26 heavy (non-hydrogen) atoms. The standard InChI is InChI=1S/C17H13F3N4O2/c18-17(19,20)12-5-1-2-6-13(12)24-15-10-21-14(9-22-15)16(25)23-8-11-4-3-7-26-11/h1-7,9-10H,8H2,(H,22,24)(H,23,25). The van der Waals surface area contributed by atoms with Gasteiger partial charge in [-0.2, -0.15) is 13.2 Å². The van der Waals surface area contributed by atoms with Crippen molar-refractivity contribution in [3.63, 3.8) is 0 Å². The molecule has 0 unspecified atom stereocenters. The summed E-state index contributed by atoms with van der Waals surface area (Å²) in [5.74, 6) is 0.189. The molecule has 134 valence electrons. The number of para-hydroxylation sites is 1. The van der Waals surface area contributed by atoms with E-state index in [-0.39, 0.29) is 23.7 Å². The van der Waals surface area contributed by atoms with Gasteiger partial charge in [0.1, 0.15) is 17.3 Å². The van der Waals surface area contributed by atoms with Crippen molar-refractivity contribution in [2.45, 2.75) is 12.7 Å². The molecule has 2 N–H and O–H groups in total. The van der Waals surface area contributed by atoms with Gasteiger partial charge in [0, 0.05) is 0 Å². The van der Waals surface area contributed by atoms with E-state index in [9.17, 15) is 18.0 Å². The van der Waals surface area contributed by atoms with Crippen LogP contribution < -0.4 is 10.6 Å². The Bertz CT molecular complexity index is 878. The predicted molar refractivity (Wildman–Crippen MR) is 86.6 cm³/mol. The highest BCUT2D eigenvalue weighted by Gasteiger charge is 2.33. The van der Waals surface area contributed by atoms with Gasteiger partial charge in [-0.15, -0.1) is 0 Å². The molecule has 2 heterocycles. The quantitative estimate of drug-likeness (QED) is 0.722. The minimum atomic E-state index is -4.50. The second-order valence-electron chi connectivity index (χ2n) is 5.22. The van der Waals surface area contributed by atoms with Gasteiger partial charge in [-0.1, -0.05) is 12.1 Å². The normalized spacial score (nSPS) is 11.2. The van der Waals surface area contributed by atoms with Crippen LogP contribution in [-0.4, -0.2) is 15.9 Å². The van der Waals surface area contributed by atoms with Gasteiger partial charge in [0.2, 0.25) is 0 Å².